The van der Waals surface area contributed by atoms with Crippen LogP contribution in [-0.4, -0.2) is 33.4 Å². The SMILES string of the molecule is CCCCC(=O)N1CCC(Cn2ccnc2C)CC1. The van der Waals surface area contributed by atoms with E-state index in [0.717, 1.165) is 57.6 Å². The lowest BCUT2D eigenvalue weighted by Gasteiger charge is -2.32. The van der Waals surface area contributed by atoms with Crippen molar-refractivity contribution in [2.45, 2.75) is 52.5 Å². The Morgan fingerprint density at radius 1 is 1.42 bits per heavy atom. The summed E-state index contributed by atoms with van der Waals surface area (Å²) in [6.45, 7) is 7.08. The number of unbranched alkanes of at least 4 members (excludes halogenated alkanes) is 1. The smallest absolute Gasteiger partial charge is 0.222 e. The molecule has 4 heteroatoms. The molecule has 0 unspecified atom stereocenters. The van der Waals surface area contributed by atoms with Crippen molar-refractivity contribution in [2.75, 3.05) is 13.1 Å². The molecule has 0 radical (unpaired) electrons. The summed E-state index contributed by atoms with van der Waals surface area (Å²) in [6, 6.07) is 0. The predicted octanol–water partition coefficient (Wildman–Crippen LogP) is 2.62. The van der Waals surface area contributed by atoms with E-state index in [2.05, 4.69) is 16.5 Å². The number of nitrogens with zero attached hydrogens (tertiary/aromatic N) is 3. The van der Waals surface area contributed by atoms with Gasteiger partial charge in [-0.1, -0.05) is 13.3 Å². The average Bonchev–Trinajstić information content (AvgIpc) is 2.82. The molecule has 1 aliphatic rings. The summed E-state index contributed by atoms with van der Waals surface area (Å²) in [5.74, 6) is 2.11. The van der Waals surface area contributed by atoms with E-state index in [9.17, 15) is 4.79 Å². The number of carbonyl (C=O) groups is 1. The Morgan fingerprint density at radius 2 is 2.16 bits per heavy atom. The summed E-state index contributed by atoms with van der Waals surface area (Å²) in [4.78, 5) is 18.3. The lowest BCUT2D eigenvalue weighted by Crippen LogP contribution is -2.39. The summed E-state index contributed by atoms with van der Waals surface area (Å²) >= 11 is 0. The minimum absolute atomic E-state index is 0.346. The molecule has 1 aromatic heterocycles. The maximum atomic E-state index is 11.9. The first-order valence-corrected chi connectivity index (χ1v) is 7.46. The molecule has 106 valence electrons. The highest BCUT2D eigenvalue weighted by Crippen LogP contribution is 2.20. The van der Waals surface area contributed by atoms with Gasteiger partial charge in [0.1, 0.15) is 5.82 Å². The third kappa shape index (κ3) is 3.82. The highest BCUT2D eigenvalue weighted by molar-refractivity contribution is 5.76. The van der Waals surface area contributed by atoms with Crippen LogP contribution in [0.2, 0.25) is 0 Å². The van der Waals surface area contributed by atoms with E-state index in [1.54, 1.807) is 0 Å². The number of imidazole rings is 1. The van der Waals surface area contributed by atoms with Crippen molar-refractivity contribution in [3.8, 4) is 0 Å². The third-order valence-corrected chi connectivity index (χ3v) is 4.09. The number of carbonyl (C=O) groups excluding carboxylic acids is 1. The fourth-order valence-electron chi connectivity index (χ4n) is 2.73. The minimum atomic E-state index is 0.346. The van der Waals surface area contributed by atoms with Crippen molar-refractivity contribution in [3.05, 3.63) is 18.2 Å². The maximum absolute atomic E-state index is 11.9. The number of hydrogen-bond acceptors (Lipinski definition) is 2. The van der Waals surface area contributed by atoms with Crippen LogP contribution in [0.25, 0.3) is 0 Å². The van der Waals surface area contributed by atoms with Crippen LogP contribution in [0.4, 0.5) is 0 Å². The Bertz CT molecular complexity index is 405. The Kier molecular flexibility index (Phi) is 5.00. The molecule has 0 saturated carbocycles. The summed E-state index contributed by atoms with van der Waals surface area (Å²) in [6.07, 6.45) is 8.99. The van der Waals surface area contributed by atoms with Crippen molar-refractivity contribution in [3.63, 3.8) is 0 Å². The second kappa shape index (κ2) is 6.73. The van der Waals surface area contributed by atoms with Crippen LogP contribution in [0.15, 0.2) is 12.4 Å². The first kappa shape index (κ1) is 14.1. The molecule has 2 heterocycles. The number of hydrogen-bond donors (Lipinski definition) is 0. The second-order valence-electron chi connectivity index (χ2n) is 5.55. The molecule has 0 N–H and O–H groups in total. The number of amides is 1. The average molecular weight is 263 g/mol. The van der Waals surface area contributed by atoms with Gasteiger partial charge < -0.3 is 9.47 Å². The molecule has 0 aromatic carbocycles. The van der Waals surface area contributed by atoms with E-state index in [4.69, 9.17) is 0 Å². The molecular formula is C15H25N3O. The Labute approximate surface area is 115 Å². The van der Waals surface area contributed by atoms with Crippen LogP contribution in [0.5, 0.6) is 0 Å². The number of aryl methyl sites for hydroxylation is 1. The standard InChI is InChI=1S/C15H25N3O/c1-3-4-5-15(19)17-9-6-14(7-10-17)12-18-11-8-16-13(18)2/h8,11,14H,3-7,9-10,12H2,1-2H3. The van der Waals surface area contributed by atoms with Gasteiger partial charge in [0.25, 0.3) is 0 Å². The molecule has 1 fully saturated rings. The van der Waals surface area contributed by atoms with Gasteiger partial charge in [0.2, 0.25) is 5.91 Å². The normalized spacial score (nSPS) is 16.8. The summed E-state index contributed by atoms with van der Waals surface area (Å²) in [7, 11) is 0. The van der Waals surface area contributed by atoms with Crippen LogP contribution in [-0.2, 0) is 11.3 Å². The van der Waals surface area contributed by atoms with Crippen LogP contribution < -0.4 is 0 Å². The van der Waals surface area contributed by atoms with E-state index < -0.39 is 0 Å². The van der Waals surface area contributed by atoms with E-state index in [1.807, 2.05) is 24.2 Å². The molecule has 2 rings (SSSR count). The van der Waals surface area contributed by atoms with Crippen LogP contribution in [0.1, 0.15) is 44.9 Å². The Balaban J connectivity index is 1.76. The molecule has 1 saturated heterocycles. The maximum Gasteiger partial charge on any atom is 0.222 e. The van der Waals surface area contributed by atoms with Gasteiger partial charge in [-0.3, -0.25) is 4.79 Å². The quantitative estimate of drug-likeness (QED) is 0.819. The number of aromatic nitrogens is 2. The third-order valence-electron chi connectivity index (χ3n) is 4.09. The minimum Gasteiger partial charge on any atom is -0.343 e. The lowest BCUT2D eigenvalue weighted by molar-refractivity contribution is -0.132. The molecule has 1 amide bonds. The van der Waals surface area contributed by atoms with Crippen molar-refractivity contribution in [2.24, 2.45) is 5.92 Å². The molecule has 19 heavy (non-hydrogen) atoms. The van der Waals surface area contributed by atoms with Gasteiger partial charge in [0.15, 0.2) is 0 Å². The number of likely N-dealkylation sites (tertiary alicyclic amines) is 1. The molecule has 0 aliphatic carbocycles. The van der Waals surface area contributed by atoms with Crippen molar-refractivity contribution in [1.29, 1.82) is 0 Å². The van der Waals surface area contributed by atoms with Gasteiger partial charge in [0, 0.05) is 38.4 Å². The molecule has 4 nitrogen and oxygen atoms in total. The van der Waals surface area contributed by atoms with Crippen molar-refractivity contribution < 1.29 is 4.79 Å². The van der Waals surface area contributed by atoms with E-state index in [-0.39, 0.29) is 0 Å². The van der Waals surface area contributed by atoms with Crippen LogP contribution in [0.3, 0.4) is 0 Å². The van der Waals surface area contributed by atoms with Gasteiger partial charge >= 0.3 is 0 Å². The topological polar surface area (TPSA) is 38.1 Å². The first-order chi connectivity index (χ1) is 9.20. The summed E-state index contributed by atoms with van der Waals surface area (Å²) < 4.78 is 2.22. The molecular weight excluding hydrogens is 238 g/mol. The summed E-state index contributed by atoms with van der Waals surface area (Å²) in [5.41, 5.74) is 0. The fraction of sp³-hybridized carbons (Fsp3) is 0.733. The van der Waals surface area contributed by atoms with Gasteiger partial charge in [0.05, 0.1) is 0 Å². The van der Waals surface area contributed by atoms with Gasteiger partial charge in [-0.15, -0.1) is 0 Å². The number of piperidine rings is 1. The largest absolute Gasteiger partial charge is 0.343 e. The lowest BCUT2D eigenvalue weighted by atomic mass is 9.96. The highest BCUT2D eigenvalue weighted by Gasteiger charge is 2.22. The van der Waals surface area contributed by atoms with Crippen molar-refractivity contribution >= 4 is 5.91 Å². The highest BCUT2D eigenvalue weighted by atomic mass is 16.2. The molecule has 0 bridgehead atoms. The zero-order chi connectivity index (χ0) is 13.7. The number of rotatable bonds is 5. The second-order valence-corrected chi connectivity index (χ2v) is 5.55. The summed E-state index contributed by atoms with van der Waals surface area (Å²) in [5, 5.41) is 0. The van der Waals surface area contributed by atoms with E-state index in [1.165, 1.54) is 0 Å². The Hall–Kier alpha value is -1.32. The predicted molar refractivity (Wildman–Crippen MR) is 75.8 cm³/mol. The van der Waals surface area contributed by atoms with Crippen LogP contribution >= 0.6 is 0 Å². The van der Waals surface area contributed by atoms with Gasteiger partial charge in [-0.25, -0.2) is 4.98 Å². The first-order valence-electron chi connectivity index (χ1n) is 7.46. The van der Waals surface area contributed by atoms with Gasteiger partial charge in [-0.2, -0.15) is 0 Å². The van der Waals surface area contributed by atoms with E-state index >= 15 is 0 Å². The van der Waals surface area contributed by atoms with Crippen molar-refractivity contribution in [1.82, 2.24) is 14.5 Å². The molecule has 0 atom stereocenters. The molecule has 1 aliphatic heterocycles. The monoisotopic (exact) mass is 263 g/mol. The van der Waals surface area contributed by atoms with Crippen LogP contribution in [0, 0.1) is 12.8 Å². The zero-order valence-electron chi connectivity index (χ0n) is 12.1. The fourth-order valence-corrected chi connectivity index (χ4v) is 2.73. The zero-order valence-corrected chi connectivity index (χ0v) is 12.1. The molecule has 0 spiro atoms. The Morgan fingerprint density at radius 3 is 2.74 bits per heavy atom. The van der Waals surface area contributed by atoms with E-state index in [0.29, 0.717) is 11.8 Å². The van der Waals surface area contributed by atoms with Gasteiger partial charge in [-0.05, 0) is 32.1 Å². The molecule has 1 aromatic rings.